The number of carbonyl (C=O) groups is 1. The van der Waals surface area contributed by atoms with E-state index in [1.54, 1.807) is 0 Å². The standard InChI is InChI=1S/C16H24N2O2/c1-9-13(10(2)18-17-9)14(19)20-12-8-11-6-7-16(12,5)15(11,3)4/h11-12H,6-8H2,1-5H3,(H,17,18). The first-order chi connectivity index (χ1) is 9.27. The molecule has 0 aromatic carbocycles. The van der Waals surface area contributed by atoms with E-state index in [9.17, 15) is 4.79 Å². The first-order valence-corrected chi connectivity index (χ1v) is 7.50. The Kier molecular flexibility index (Phi) is 2.79. The van der Waals surface area contributed by atoms with E-state index in [0.29, 0.717) is 11.5 Å². The summed E-state index contributed by atoms with van der Waals surface area (Å²) in [5, 5.41) is 6.93. The molecule has 3 unspecified atom stereocenters. The number of nitrogens with one attached hydrogen (secondary N) is 1. The molecule has 2 aliphatic rings. The van der Waals surface area contributed by atoms with Crippen LogP contribution in [0, 0.1) is 30.6 Å². The second-order valence-electron chi connectivity index (χ2n) is 7.31. The van der Waals surface area contributed by atoms with Crippen LogP contribution in [-0.4, -0.2) is 22.3 Å². The number of aromatic nitrogens is 2. The molecule has 2 aliphatic carbocycles. The van der Waals surface area contributed by atoms with Crippen LogP contribution in [0.1, 0.15) is 61.8 Å². The van der Waals surface area contributed by atoms with Crippen LogP contribution >= 0.6 is 0 Å². The highest BCUT2D eigenvalue weighted by atomic mass is 16.5. The molecule has 0 amide bonds. The van der Waals surface area contributed by atoms with Crippen molar-refractivity contribution in [3.8, 4) is 0 Å². The van der Waals surface area contributed by atoms with Crippen molar-refractivity contribution >= 4 is 5.97 Å². The number of aryl methyl sites for hydroxylation is 2. The molecule has 2 bridgehead atoms. The second kappa shape index (κ2) is 4.09. The van der Waals surface area contributed by atoms with Gasteiger partial charge >= 0.3 is 5.97 Å². The van der Waals surface area contributed by atoms with Gasteiger partial charge in [0.2, 0.25) is 0 Å². The zero-order valence-corrected chi connectivity index (χ0v) is 13.0. The SMILES string of the molecule is Cc1n[nH]c(C)c1C(=O)OC1CC2CCC1(C)C2(C)C. The van der Waals surface area contributed by atoms with Gasteiger partial charge in [0.15, 0.2) is 0 Å². The van der Waals surface area contributed by atoms with Crippen LogP contribution in [-0.2, 0) is 4.74 Å². The van der Waals surface area contributed by atoms with E-state index in [2.05, 4.69) is 31.0 Å². The Labute approximate surface area is 120 Å². The molecule has 4 heteroatoms. The zero-order valence-electron chi connectivity index (χ0n) is 13.0. The highest BCUT2D eigenvalue weighted by molar-refractivity contribution is 5.91. The van der Waals surface area contributed by atoms with Gasteiger partial charge in [0.25, 0.3) is 0 Å². The first kappa shape index (κ1) is 13.7. The van der Waals surface area contributed by atoms with Gasteiger partial charge in [-0.25, -0.2) is 4.79 Å². The predicted molar refractivity (Wildman–Crippen MR) is 76.5 cm³/mol. The molecular weight excluding hydrogens is 252 g/mol. The van der Waals surface area contributed by atoms with Gasteiger partial charge < -0.3 is 4.74 Å². The van der Waals surface area contributed by atoms with Crippen LogP contribution in [0.25, 0.3) is 0 Å². The van der Waals surface area contributed by atoms with Crippen LogP contribution < -0.4 is 0 Å². The number of hydrogen-bond acceptors (Lipinski definition) is 3. The summed E-state index contributed by atoms with van der Waals surface area (Å²) >= 11 is 0. The number of hydrogen-bond donors (Lipinski definition) is 1. The van der Waals surface area contributed by atoms with Gasteiger partial charge in [-0.2, -0.15) is 5.10 Å². The lowest BCUT2D eigenvalue weighted by Gasteiger charge is -2.38. The molecule has 110 valence electrons. The third-order valence-electron chi connectivity index (χ3n) is 6.30. The largest absolute Gasteiger partial charge is 0.458 e. The number of carbonyl (C=O) groups excluding carboxylic acids is 1. The highest BCUT2D eigenvalue weighted by Crippen LogP contribution is 2.66. The Morgan fingerprint density at radius 2 is 2.05 bits per heavy atom. The average molecular weight is 276 g/mol. The smallest absolute Gasteiger partial charge is 0.342 e. The third-order valence-corrected chi connectivity index (χ3v) is 6.30. The summed E-state index contributed by atoms with van der Waals surface area (Å²) in [6.45, 7) is 10.6. The monoisotopic (exact) mass is 276 g/mol. The summed E-state index contributed by atoms with van der Waals surface area (Å²) in [5.41, 5.74) is 2.49. The quantitative estimate of drug-likeness (QED) is 0.842. The van der Waals surface area contributed by atoms with E-state index in [0.717, 1.165) is 24.2 Å². The molecule has 1 heterocycles. The summed E-state index contributed by atoms with van der Waals surface area (Å²) in [5.74, 6) is 0.458. The fourth-order valence-corrected chi connectivity index (χ4v) is 4.35. The van der Waals surface area contributed by atoms with Gasteiger partial charge in [0.1, 0.15) is 11.7 Å². The van der Waals surface area contributed by atoms with Crippen molar-refractivity contribution in [1.29, 1.82) is 0 Å². The molecule has 2 saturated carbocycles. The first-order valence-electron chi connectivity index (χ1n) is 7.50. The lowest BCUT2D eigenvalue weighted by Crippen LogP contribution is -2.38. The molecule has 1 aromatic heterocycles. The Morgan fingerprint density at radius 1 is 1.35 bits per heavy atom. The summed E-state index contributed by atoms with van der Waals surface area (Å²) in [4.78, 5) is 12.5. The van der Waals surface area contributed by atoms with Crippen molar-refractivity contribution in [2.45, 2.75) is 60.0 Å². The average Bonchev–Trinajstić information content (AvgIpc) is 2.87. The van der Waals surface area contributed by atoms with Crippen molar-refractivity contribution in [1.82, 2.24) is 10.2 Å². The van der Waals surface area contributed by atoms with Gasteiger partial charge in [0.05, 0.1) is 5.69 Å². The number of fused-ring (bicyclic) bond motifs is 2. The van der Waals surface area contributed by atoms with Crippen LogP contribution in [0.5, 0.6) is 0 Å². The lowest BCUT2D eigenvalue weighted by molar-refractivity contribution is -0.0243. The van der Waals surface area contributed by atoms with Crippen molar-refractivity contribution < 1.29 is 9.53 Å². The van der Waals surface area contributed by atoms with Gasteiger partial charge in [-0.3, -0.25) is 5.10 Å². The van der Waals surface area contributed by atoms with E-state index >= 15 is 0 Å². The Hall–Kier alpha value is -1.32. The van der Waals surface area contributed by atoms with Crippen molar-refractivity contribution in [2.24, 2.45) is 16.7 Å². The van der Waals surface area contributed by atoms with Gasteiger partial charge in [-0.15, -0.1) is 0 Å². The number of nitrogens with zero attached hydrogens (tertiary/aromatic N) is 1. The molecule has 0 radical (unpaired) electrons. The van der Waals surface area contributed by atoms with Crippen molar-refractivity contribution in [2.75, 3.05) is 0 Å². The third kappa shape index (κ3) is 1.60. The maximum Gasteiger partial charge on any atom is 0.342 e. The van der Waals surface area contributed by atoms with E-state index in [1.807, 2.05) is 13.8 Å². The number of H-pyrrole nitrogens is 1. The van der Waals surface area contributed by atoms with E-state index in [-0.39, 0.29) is 22.9 Å². The summed E-state index contributed by atoms with van der Waals surface area (Å²) < 4.78 is 5.89. The predicted octanol–water partition coefficient (Wildman–Crippen LogP) is 3.40. The molecular formula is C16H24N2O2. The number of esters is 1. The second-order valence-corrected chi connectivity index (χ2v) is 7.31. The lowest BCUT2D eigenvalue weighted by atomic mass is 9.70. The summed E-state index contributed by atoms with van der Waals surface area (Å²) in [7, 11) is 0. The summed E-state index contributed by atoms with van der Waals surface area (Å²) in [6, 6.07) is 0. The molecule has 3 rings (SSSR count). The van der Waals surface area contributed by atoms with E-state index in [4.69, 9.17) is 4.74 Å². The highest BCUT2D eigenvalue weighted by Gasteiger charge is 2.62. The topological polar surface area (TPSA) is 55.0 Å². The normalized spacial score (nSPS) is 34.5. The number of ether oxygens (including phenoxy) is 1. The van der Waals surface area contributed by atoms with Crippen LogP contribution in [0.2, 0.25) is 0 Å². The molecule has 0 saturated heterocycles. The number of aromatic amines is 1. The fourth-order valence-electron chi connectivity index (χ4n) is 4.35. The molecule has 2 fully saturated rings. The fraction of sp³-hybridized carbons (Fsp3) is 0.750. The maximum atomic E-state index is 12.5. The van der Waals surface area contributed by atoms with Gasteiger partial charge in [-0.05, 0) is 44.4 Å². The van der Waals surface area contributed by atoms with Crippen LogP contribution in [0.3, 0.4) is 0 Å². The van der Waals surface area contributed by atoms with E-state index in [1.165, 1.54) is 6.42 Å². The minimum atomic E-state index is -0.219. The van der Waals surface area contributed by atoms with Crippen molar-refractivity contribution in [3.05, 3.63) is 17.0 Å². The van der Waals surface area contributed by atoms with Crippen LogP contribution in [0.4, 0.5) is 0 Å². The van der Waals surface area contributed by atoms with Gasteiger partial charge in [0, 0.05) is 11.1 Å². The Balaban J connectivity index is 1.82. The molecule has 20 heavy (non-hydrogen) atoms. The number of rotatable bonds is 2. The molecule has 1 N–H and O–H groups in total. The zero-order chi connectivity index (χ0) is 14.7. The van der Waals surface area contributed by atoms with Crippen LogP contribution in [0.15, 0.2) is 0 Å². The van der Waals surface area contributed by atoms with Crippen molar-refractivity contribution in [3.63, 3.8) is 0 Å². The minimum absolute atomic E-state index is 0.0393. The minimum Gasteiger partial charge on any atom is -0.458 e. The summed E-state index contributed by atoms with van der Waals surface area (Å²) in [6.07, 6.45) is 3.47. The molecule has 0 spiro atoms. The Bertz CT molecular complexity index is 541. The molecule has 0 aliphatic heterocycles. The Morgan fingerprint density at radius 3 is 2.50 bits per heavy atom. The van der Waals surface area contributed by atoms with E-state index < -0.39 is 0 Å². The molecule has 4 nitrogen and oxygen atoms in total. The molecule has 3 atom stereocenters. The van der Waals surface area contributed by atoms with Gasteiger partial charge in [-0.1, -0.05) is 20.8 Å². The molecule has 1 aromatic rings. The maximum absolute atomic E-state index is 12.5.